The van der Waals surface area contributed by atoms with Gasteiger partial charge in [-0.25, -0.2) is 0 Å². The number of carbonyl (C=O) groups excluding carboxylic acids is 1. The highest BCUT2D eigenvalue weighted by Gasteiger charge is 2.40. The second-order valence-corrected chi connectivity index (χ2v) is 71.8. The first-order valence-corrected chi connectivity index (χ1v) is 71.4. The van der Waals surface area contributed by atoms with E-state index in [0.29, 0.717) is 18.3 Å². The lowest BCUT2D eigenvalue weighted by Crippen LogP contribution is -2.27. The number of unbranched alkanes of at least 4 members (excludes halogenated alkanes) is 12. The van der Waals surface area contributed by atoms with Crippen molar-refractivity contribution in [3.05, 3.63) is 93.0 Å². The first-order chi connectivity index (χ1) is 56.4. The van der Waals surface area contributed by atoms with E-state index in [1.54, 1.807) is 0 Å². The zero-order valence-corrected chi connectivity index (χ0v) is 98.2. The number of allylic oxidation sites excluding steroid dienone is 14. The van der Waals surface area contributed by atoms with Crippen LogP contribution in [0, 0.1) is 0 Å². The molecular formula is C95H172OS23. The Bertz CT molecular complexity index is 2790. The molecule has 0 aromatic heterocycles. The van der Waals surface area contributed by atoms with Crippen molar-refractivity contribution in [3.63, 3.8) is 0 Å². The van der Waals surface area contributed by atoms with Gasteiger partial charge in [0.2, 0.25) is 0 Å². The Balaban J connectivity index is 3.98. The Morgan fingerprint density at radius 3 is 1.16 bits per heavy atom. The van der Waals surface area contributed by atoms with Crippen molar-refractivity contribution >= 4 is 253 Å². The van der Waals surface area contributed by atoms with Crippen LogP contribution in [-0.2, 0) is 4.79 Å². The zero-order chi connectivity index (χ0) is 88.9. The van der Waals surface area contributed by atoms with Crippen LogP contribution in [-0.4, -0.2) is 74.1 Å². The summed E-state index contributed by atoms with van der Waals surface area (Å²) in [7, 11) is 46.7. The molecular weight excluding hydrogens is 1890 g/mol. The third kappa shape index (κ3) is 69.2. The quantitative estimate of drug-likeness (QED) is 0.0155. The first kappa shape index (κ1) is 123. The lowest BCUT2D eigenvalue weighted by molar-refractivity contribution is -0.109. The van der Waals surface area contributed by atoms with Gasteiger partial charge >= 0.3 is 0 Å². The van der Waals surface area contributed by atoms with Crippen LogP contribution in [0.25, 0.3) is 0 Å². The highest BCUT2D eigenvalue weighted by atomic mass is 33.5. The summed E-state index contributed by atoms with van der Waals surface area (Å²) in [4.78, 5) is 12.8. The minimum atomic E-state index is -0.414. The molecule has 1 aliphatic heterocycles. The van der Waals surface area contributed by atoms with E-state index < -0.39 is 4.75 Å². The molecule has 696 valence electrons. The Morgan fingerprint density at radius 1 is 0.353 bits per heavy atom. The molecule has 1 fully saturated rings. The van der Waals surface area contributed by atoms with Gasteiger partial charge in [-0.15, -0.1) is 0 Å². The standard InChI is InChI=1S/C95H172OS23/c1-26-30-34-38-56-83(57-39-35-31-27-2)100-98-69-67-90(20,61-43-50-77(7)8)113-118-109-86(102-99-70-68-91(21,62-44-51-78(9)10)112-117-108-85(71-89(19,97)60-42-49-76(5)6)103-101-84(58-40-36-32-28-3)59-41-37-33-29-4)72-93(23,64-46-53-80(13)14)114-119-115-94(24,65-47-54-81(15)16)74-88-105-104-87(106-116-107-88)73-92(22,63-45-52-79(11)12)110-111-95(25,75-96)66-48-55-82(17)18/h49-55,68,70,75,83-88,97H,26-48,56-67,69,71-74H2,1-25H3. The molecule has 1 nitrogen and oxygen atoms in total. The second kappa shape index (κ2) is 73.9. The monoisotopic (exact) mass is 2060 g/mol. The maximum Gasteiger partial charge on any atom is 0.136 e. The Morgan fingerprint density at radius 2 is 0.723 bits per heavy atom. The van der Waals surface area contributed by atoms with Crippen molar-refractivity contribution in [2.24, 2.45) is 0 Å². The summed E-state index contributed by atoms with van der Waals surface area (Å²) in [6.07, 6.45) is 69.0. The fraction of sp³-hybridized carbons (Fsp3) is 0.821. The number of hydrogen-bond acceptors (Lipinski definition) is 24. The van der Waals surface area contributed by atoms with Gasteiger partial charge in [-0.2, -0.15) is 12.6 Å². The molecule has 0 spiro atoms. The number of rotatable bonds is 77. The minimum Gasteiger partial charge on any atom is -0.302 e. The van der Waals surface area contributed by atoms with Crippen LogP contribution in [0.3, 0.4) is 0 Å². The van der Waals surface area contributed by atoms with E-state index in [1.807, 2.05) is 42.2 Å². The Kier molecular flexibility index (Phi) is 76.2. The molecule has 0 aromatic rings. The summed E-state index contributed by atoms with van der Waals surface area (Å²) >= 11 is 5.48. The summed E-state index contributed by atoms with van der Waals surface area (Å²) in [5.74, 6) is 1.21. The summed E-state index contributed by atoms with van der Waals surface area (Å²) < 4.78 is 1.57. The highest BCUT2D eigenvalue weighted by Crippen LogP contribution is 2.65. The molecule has 1 rings (SSSR count). The van der Waals surface area contributed by atoms with Gasteiger partial charge in [0.1, 0.15) is 6.29 Å². The Hall–Kier alpha value is 5.64. The molecule has 0 N–H and O–H groups in total. The second-order valence-electron chi connectivity index (χ2n) is 36.7. The molecule has 24 heteroatoms. The van der Waals surface area contributed by atoms with Crippen molar-refractivity contribution in [1.82, 2.24) is 0 Å². The van der Waals surface area contributed by atoms with Crippen LogP contribution >= 0.6 is 246 Å². The summed E-state index contributed by atoms with van der Waals surface area (Å²) in [6, 6.07) is 0. The fourth-order valence-electron chi connectivity index (χ4n) is 12.9. The largest absolute Gasteiger partial charge is 0.302 e. The van der Waals surface area contributed by atoms with Gasteiger partial charge in [-0.1, -0.05) is 419 Å². The van der Waals surface area contributed by atoms with E-state index in [9.17, 15) is 4.79 Å². The van der Waals surface area contributed by atoms with E-state index in [1.165, 1.54) is 192 Å². The average Bonchev–Trinajstić information content (AvgIpc) is 1.83. The summed E-state index contributed by atoms with van der Waals surface area (Å²) in [5.41, 5.74) is 9.80. The average molecular weight is 2070 g/mol. The third-order valence-electron chi connectivity index (χ3n) is 20.8. The van der Waals surface area contributed by atoms with Crippen molar-refractivity contribution in [2.45, 2.75) is 486 Å². The normalized spacial score (nSPS) is 18.1. The lowest BCUT2D eigenvalue weighted by Gasteiger charge is -2.35. The van der Waals surface area contributed by atoms with Crippen molar-refractivity contribution in [1.29, 1.82) is 0 Å². The molecule has 11 atom stereocenters. The van der Waals surface area contributed by atoms with Crippen molar-refractivity contribution < 1.29 is 4.79 Å². The van der Waals surface area contributed by atoms with Gasteiger partial charge in [0.05, 0.1) is 23.1 Å². The predicted octanol–water partition coefficient (Wildman–Crippen LogP) is 44.1. The topological polar surface area (TPSA) is 17.1 Å². The number of carbonyl (C=O) groups is 1. The predicted molar refractivity (Wildman–Crippen MR) is 616 cm³/mol. The number of hydrogen-bond donors (Lipinski definition) is 1. The van der Waals surface area contributed by atoms with Gasteiger partial charge in [0, 0.05) is 44.7 Å². The van der Waals surface area contributed by atoms with Crippen LogP contribution in [0.2, 0.25) is 0 Å². The molecule has 0 aromatic carbocycles. The Labute approximate surface area is 831 Å². The van der Waals surface area contributed by atoms with Crippen molar-refractivity contribution in [3.8, 4) is 0 Å². The molecule has 119 heavy (non-hydrogen) atoms. The number of aldehydes is 1. The molecule has 0 bridgehead atoms. The van der Waals surface area contributed by atoms with E-state index >= 15 is 0 Å². The van der Waals surface area contributed by atoms with Gasteiger partial charge < -0.3 is 4.79 Å². The first-order valence-electron chi connectivity index (χ1n) is 45.4. The fourth-order valence-corrected chi connectivity index (χ4v) is 58.7. The van der Waals surface area contributed by atoms with Gasteiger partial charge in [-0.05, 0) is 331 Å². The molecule has 1 aliphatic rings. The highest BCUT2D eigenvalue weighted by molar-refractivity contribution is 9.13. The molecule has 11 unspecified atom stereocenters. The van der Waals surface area contributed by atoms with Crippen LogP contribution < -0.4 is 0 Å². The maximum absolute atomic E-state index is 12.8. The minimum absolute atomic E-state index is 0.0325. The van der Waals surface area contributed by atoms with Crippen LogP contribution in [0.1, 0.15) is 424 Å². The molecule has 1 saturated heterocycles. The summed E-state index contributed by atoms with van der Waals surface area (Å²) in [6.45, 7) is 58.4. The van der Waals surface area contributed by atoms with E-state index in [0.717, 1.165) is 120 Å². The van der Waals surface area contributed by atoms with E-state index in [4.69, 9.17) is 12.6 Å². The third-order valence-corrected chi connectivity index (χ3v) is 61.1. The number of thiol groups is 1. The van der Waals surface area contributed by atoms with Crippen LogP contribution in [0.15, 0.2) is 93.0 Å². The molecule has 0 aliphatic carbocycles. The SMILES string of the molecule is CCCCCCC(CCCCCC)SSCCC(C)(CCC=C(C)C)SSSC(CC(C)(CCC=C(C)C)SSSC(C)(CCC=C(C)C)CC1SSSC(CC(C)(CCC=C(C)C)SSC(C)(C=O)CCC=C(C)C)SS1)SSC=CC(C)(CCC=C(C)C)SSSC(CC(C)(S)CCC=C(C)C)SSC(CCCCCC)CCCCCC. The lowest BCUT2D eigenvalue weighted by atomic mass is 10.0. The van der Waals surface area contributed by atoms with E-state index in [-0.39, 0.29) is 28.5 Å². The summed E-state index contributed by atoms with van der Waals surface area (Å²) in [5, 5.41) is 4.02. The van der Waals surface area contributed by atoms with Gasteiger partial charge in [0.25, 0.3) is 0 Å². The van der Waals surface area contributed by atoms with Crippen LogP contribution in [0.4, 0.5) is 0 Å². The van der Waals surface area contributed by atoms with Gasteiger partial charge in [0.15, 0.2) is 0 Å². The molecule has 0 amide bonds. The van der Waals surface area contributed by atoms with Gasteiger partial charge in [-0.3, -0.25) is 0 Å². The van der Waals surface area contributed by atoms with Crippen LogP contribution in [0.5, 0.6) is 0 Å². The molecule has 0 saturated carbocycles. The maximum atomic E-state index is 12.8. The smallest absolute Gasteiger partial charge is 0.136 e. The van der Waals surface area contributed by atoms with E-state index in [2.05, 4.69) is 418 Å². The zero-order valence-electron chi connectivity index (χ0n) is 79.4. The molecule has 1 heterocycles. The molecule has 0 radical (unpaired) electrons. The van der Waals surface area contributed by atoms with Crippen molar-refractivity contribution in [2.75, 3.05) is 5.75 Å².